The predicted octanol–water partition coefficient (Wildman–Crippen LogP) is 3.03. The molecule has 0 aromatic carbocycles. The number of hydrogen-bond donors (Lipinski definition) is 1. The molecule has 5 heteroatoms. The van der Waals surface area contributed by atoms with Crippen LogP contribution in [0.25, 0.3) is 0 Å². The third-order valence-corrected chi connectivity index (χ3v) is 4.45. The van der Waals surface area contributed by atoms with Gasteiger partial charge in [-0.15, -0.1) is 0 Å². The Morgan fingerprint density at radius 1 is 1.41 bits per heavy atom. The van der Waals surface area contributed by atoms with Gasteiger partial charge in [0.05, 0.1) is 0 Å². The largest absolute Gasteiger partial charge is 0.360 e. The zero-order valence-corrected chi connectivity index (χ0v) is 15.1. The van der Waals surface area contributed by atoms with Crippen LogP contribution in [0.15, 0.2) is 4.52 Å². The third kappa shape index (κ3) is 4.32. The maximum atomic E-state index is 12.5. The minimum atomic E-state index is -0.144. The number of aromatic nitrogens is 1. The molecule has 22 heavy (non-hydrogen) atoms. The number of hydrogen-bond acceptors (Lipinski definition) is 4. The van der Waals surface area contributed by atoms with Crippen LogP contribution in [0.3, 0.4) is 0 Å². The highest BCUT2D eigenvalue weighted by molar-refractivity contribution is 5.93. The van der Waals surface area contributed by atoms with Crippen LogP contribution in [0.1, 0.15) is 62.3 Å². The van der Waals surface area contributed by atoms with Crippen molar-refractivity contribution in [1.29, 1.82) is 0 Å². The van der Waals surface area contributed by atoms with Crippen molar-refractivity contribution in [3.05, 3.63) is 17.0 Å². The smallest absolute Gasteiger partial charge is 0.273 e. The van der Waals surface area contributed by atoms with Gasteiger partial charge in [0, 0.05) is 30.0 Å². The van der Waals surface area contributed by atoms with Gasteiger partial charge in [-0.3, -0.25) is 4.79 Å². The molecule has 0 saturated heterocycles. The summed E-state index contributed by atoms with van der Waals surface area (Å²) in [6.07, 6.45) is 2.90. The van der Waals surface area contributed by atoms with Crippen molar-refractivity contribution in [2.24, 2.45) is 5.41 Å². The molecular weight excluding hydrogens is 278 g/mol. The van der Waals surface area contributed by atoms with Crippen molar-refractivity contribution < 1.29 is 9.32 Å². The van der Waals surface area contributed by atoms with E-state index in [0.29, 0.717) is 5.69 Å². The van der Waals surface area contributed by atoms with Crippen LogP contribution >= 0.6 is 0 Å². The number of nitrogens with one attached hydrogen (secondary N) is 1. The van der Waals surface area contributed by atoms with Gasteiger partial charge in [0.15, 0.2) is 5.69 Å². The summed E-state index contributed by atoms with van der Waals surface area (Å²) in [7, 11) is 4.13. The van der Waals surface area contributed by atoms with Crippen LogP contribution < -0.4 is 5.32 Å². The summed E-state index contributed by atoms with van der Waals surface area (Å²) in [5, 5.41) is 7.05. The minimum absolute atomic E-state index is 0.0269. The molecular formula is C17H31N3O2. The van der Waals surface area contributed by atoms with E-state index in [1.165, 1.54) is 0 Å². The minimum Gasteiger partial charge on any atom is -0.360 e. The third-order valence-electron chi connectivity index (χ3n) is 4.45. The molecule has 0 fully saturated rings. The van der Waals surface area contributed by atoms with Gasteiger partial charge in [0.1, 0.15) is 5.76 Å². The second kappa shape index (κ2) is 7.77. The standard InChI is InChI=1S/C17H31N3O2/c1-8-10-17(5,11-20(6)7)13(4)18-16(21)15-12(3)14(9-2)22-19-15/h13H,8-11H2,1-7H3,(H,18,21). The lowest BCUT2D eigenvalue weighted by Crippen LogP contribution is -2.49. The van der Waals surface area contributed by atoms with Crippen molar-refractivity contribution in [1.82, 2.24) is 15.4 Å². The molecule has 0 bridgehead atoms. The molecule has 0 aliphatic carbocycles. The Kier molecular flexibility index (Phi) is 6.60. The van der Waals surface area contributed by atoms with Gasteiger partial charge in [0.25, 0.3) is 5.91 Å². The van der Waals surface area contributed by atoms with Gasteiger partial charge in [-0.2, -0.15) is 0 Å². The number of amides is 1. The predicted molar refractivity (Wildman–Crippen MR) is 89.1 cm³/mol. The van der Waals surface area contributed by atoms with Gasteiger partial charge >= 0.3 is 0 Å². The van der Waals surface area contributed by atoms with E-state index in [4.69, 9.17) is 4.52 Å². The summed E-state index contributed by atoms with van der Waals surface area (Å²) in [5.74, 6) is 0.636. The molecule has 1 aromatic heterocycles. The Balaban J connectivity index is 2.86. The summed E-state index contributed by atoms with van der Waals surface area (Å²) < 4.78 is 5.23. The van der Waals surface area contributed by atoms with Gasteiger partial charge < -0.3 is 14.7 Å². The van der Waals surface area contributed by atoms with Crippen LogP contribution in [0.4, 0.5) is 0 Å². The molecule has 126 valence electrons. The molecule has 0 radical (unpaired) electrons. The fourth-order valence-electron chi connectivity index (χ4n) is 3.08. The van der Waals surface area contributed by atoms with Gasteiger partial charge in [0.2, 0.25) is 0 Å². The van der Waals surface area contributed by atoms with Crippen LogP contribution in [0, 0.1) is 12.3 Å². The Labute approximate surface area is 134 Å². The SMILES string of the molecule is CCCC(C)(CN(C)C)C(C)NC(=O)c1noc(CC)c1C. The molecule has 1 amide bonds. The first-order valence-electron chi connectivity index (χ1n) is 8.15. The topological polar surface area (TPSA) is 58.4 Å². The number of carbonyl (C=O) groups excluding carboxylic acids is 1. The number of carbonyl (C=O) groups is 1. The second-order valence-corrected chi connectivity index (χ2v) is 6.77. The lowest BCUT2D eigenvalue weighted by atomic mass is 9.78. The molecule has 0 spiro atoms. The molecule has 0 aliphatic heterocycles. The average Bonchev–Trinajstić information content (AvgIpc) is 2.79. The first kappa shape index (κ1) is 18.7. The molecule has 1 aromatic rings. The Hall–Kier alpha value is -1.36. The van der Waals surface area contributed by atoms with Crippen molar-refractivity contribution in [2.45, 2.75) is 59.9 Å². The Bertz CT molecular complexity index is 496. The fourth-order valence-corrected chi connectivity index (χ4v) is 3.08. The molecule has 1 rings (SSSR count). The summed E-state index contributed by atoms with van der Waals surface area (Å²) >= 11 is 0. The average molecular weight is 309 g/mol. The number of rotatable bonds is 8. The second-order valence-electron chi connectivity index (χ2n) is 6.77. The van der Waals surface area contributed by atoms with Crippen LogP contribution in [0.5, 0.6) is 0 Å². The van der Waals surface area contributed by atoms with Crippen molar-refractivity contribution in [3.8, 4) is 0 Å². The molecule has 2 atom stereocenters. The molecule has 1 heterocycles. The molecule has 0 saturated carbocycles. The van der Waals surface area contributed by atoms with Gasteiger partial charge in [-0.1, -0.05) is 32.3 Å². The number of aryl methyl sites for hydroxylation is 1. The summed E-state index contributed by atoms with van der Waals surface area (Å²) in [5.41, 5.74) is 1.28. The van der Waals surface area contributed by atoms with Crippen LogP contribution in [0.2, 0.25) is 0 Å². The zero-order chi connectivity index (χ0) is 16.9. The van der Waals surface area contributed by atoms with E-state index in [-0.39, 0.29) is 17.4 Å². The highest BCUT2D eigenvalue weighted by Crippen LogP contribution is 2.29. The maximum Gasteiger partial charge on any atom is 0.273 e. The Morgan fingerprint density at radius 2 is 2.05 bits per heavy atom. The normalized spacial score (nSPS) is 15.6. The highest BCUT2D eigenvalue weighted by atomic mass is 16.5. The van der Waals surface area contributed by atoms with E-state index in [9.17, 15) is 4.79 Å². The first-order valence-corrected chi connectivity index (χ1v) is 8.15. The lowest BCUT2D eigenvalue weighted by molar-refractivity contribution is 0.0847. The fraction of sp³-hybridized carbons (Fsp3) is 0.765. The van der Waals surface area contributed by atoms with E-state index in [1.807, 2.05) is 13.8 Å². The lowest BCUT2D eigenvalue weighted by Gasteiger charge is -2.38. The van der Waals surface area contributed by atoms with Gasteiger partial charge in [-0.25, -0.2) is 0 Å². The van der Waals surface area contributed by atoms with Crippen molar-refractivity contribution in [3.63, 3.8) is 0 Å². The Morgan fingerprint density at radius 3 is 2.50 bits per heavy atom. The summed E-state index contributed by atoms with van der Waals surface area (Å²) in [4.78, 5) is 14.7. The summed E-state index contributed by atoms with van der Waals surface area (Å²) in [6, 6.07) is 0.0588. The summed E-state index contributed by atoms with van der Waals surface area (Å²) in [6.45, 7) is 11.3. The molecule has 2 unspecified atom stereocenters. The van der Waals surface area contributed by atoms with E-state index >= 15 is 0 Å². The van der Waals surface area contributed by atoms with E-state index < -0.39 is 0 Å². The molecule has 5 nitrogen and oxygen atoms in total. The number of nitrogens with zero attached hydrogens (tertiary/aromatic N) is 2. The van der Waals surface area contributed by atoms with Crippen LogP contribution in [-0.4, -0.2) is 42.6 Å². The quantitative estimate of drug-likeness (QED) is 0.802. The van der Waals surface area contributed by atoms with E-state index in [0.717, 1.165) is 37.1 Å². The zero-order valence-electron chi connectivity index (χ0n) is 15.1. The first-order chi connectivity index (χ1) is 10.2. The van der Waals surface area contributed by atoms with E-state index in [2.05, 4.69) is 50.2 Å². The molecule has 1 N–H and O–H groups in total. The molecule has 0 aliphatic rings. The van der Waals surface area contributed by atoms with Crippen molar-refractivity contribution in [2.75, 3.05) is 20.6 Å². The monoisotopic (exact) mass is 309 g/mol. The van der Waals surface area contributed by atoms with Crippen molar-refractivity contribution >= 4 is 5.91 Å². The maximum absolute atomic E-state index is 12.5. The highest BCUT2D eigenvalue weighted by Gasteiger charge is 2.33. The van der Waals surface area contributed by atoms with Gasteiger partial charge in [-0.05, 0) is 34.4 Å². The van der Waals surface area contributed by atoms with Crippen LogP contribution in [-0.2, 0) is 6.42 Å². The van der Waals surface area contributed by atoms with E-state index in [1.54, 1.807) is 0 Å².